The highest BCUT2D eigenvalue weighted by molar-refractivity contribution is 5.90. The molecule has 0 radical (unpaired) electrons. The van der Waals surface area contributed by atoms with E-state index in [4.69, 9.17) is 14.9 Å². The highest BCUT2D eigenvalue weighted by Gasteiger charge is 2.24. The Morgan fingerprint density at radius 1 is 1.16 bits per heavy atom. The lowest BCUT2D eigenvalue weighted by molar-refractivity contribution is 0.0523. The van der Waals surface area contributed by atoms with Crippen molar-refractivity contribution in [2.45, 2.75) is 46.3 Å². The van der Waals surface area contributed by atoms with E-state index in [9.17, 15) is 14.4 Å². The van der Waals surface area contributed by atoms with Gasteiger partial charge in [0.05, 0.1) is 19.4 Å². The smallest absolute Gasteiger partial charge is 0.341 e. The molecule has 0 saturated carbocycles. The van der Waals surface area contributed by atoms with Crippen LogP contribution < -0.4 is 21.9 Å². The first kappa shape index (κ1) is 22.9. The number of nitrogen functional groups attached to an aromatic ring is 1. The second kappa shape index (κ2) is 10.5. The SMILES string of the molecule is CCCCn1c(N)c(N(Cc2ccccc2)Cc2occc2C(=O)OCC)c(=O)[nH]c1=O. The molecule has 3 aromatic rings. The predicted molar refractivity (Wildman–Crippen MR) is 122 cm³/mol. The van der Waals surface area contributed by atoms with Crippen LogP contribution in [0.2, 0.25) is 0 Å². The minimum atomic E-state index is -0.597. The molecule has 2 aromatic heterocycles. The average Bonchev–Trinajstić information content (AvgIpc) is 3.22. The van der Waals surface area contributed by atoms with Crippen molar-refractivity contribution in [2.24, 2.45) is 0 Å². The summed E-state index contributed by atoms with van der Waals surface area (Å²) in [5.41, 5.74) is 6.53. The first-order valence-electron chi connectivity index (χ1n) is 10.6. The summed E-state index contributed by atoms with van der Waals surface area (Å²) in [5, 5.41) is 0. The summed E-state index contributed by atoms with van der Waals surface area (Å²) in [6.45, 7) is 4.73. The molecule has 9 heteroatoms. The van der Waals surface area contributed by atoms with E-state index >= 15 is 0 Å². The summed E-state index contributed by atoms with van der Waals surface area (Å²) < 4.78 is 12.0. The topological polar surface area (TPSA) is 124 Å². The van der Waals surface area contributed by atoms with Crippen molar-refractivity contribution in [3.8, 4) is 0 Å². The number of furan rings is 1. The van der Waals surface area contributed by atoms with Crippen LogP contribution in [-0.4, -0.2) is 22.1 Å². The average molecular weight is 441 g/mol. The second-order valence-corrected chi connectivity index (χ2v) is 7.32. The summed E-state index contributed by atoms with van der Waals surface area (Å²) in [5.74, 6) is -0.0948. The summed E-state index contributed by atoms with van der Waals surface area (Å²) in [4.78, 5) is 41.6. The molecule has 3 rings (SSSR count). The Bertz CT molecular complexity index is 1160. The fraction of sp³-hybridized carbons (Fsp3) is 0.348. The molecule has 0 amide bonds. The molecular weight excluding hydrogens is 412 g/mol. The lowest BCUT2D eigenvalue weighted by Gasteiger charge is -2.26. The van der Waals surface area contributed by atoms with Crippen LogP contribution in [0.15, 0.2) is 56.7 Å². The first-order valence-corrected chi connectivity index (χ1v) is 10.6. The number of carbonyl (C=O) groups is 1. The van der Waals surface area contributed by atoms with Gasteiger partial charge in [0.15, 0.2) is 0 Å². The molecule has 0 saturated heterocycles. The number of aromatic nitrogens is 2. The van der Waals surface area contributed by atoms with E-state index in [1.807, 2.05) is 37.3 Å². The quantitative estimate of drug-likeness (QED) is 0.465. The number of H-pyrrole nitrogens is 1. The molecule has 2 heterocycles. The maximum Gasteiger partial charge on any atom is 0.341 e. The molecule has 0 spiro atoms. The van der Waals surface area contributed by atoms with Gasteiger partial charge in [-0.25, -0.2) is 9.59 Å². The third-order valence-corrected chi connectivity index (χ3v) is 5.06. The number of nitrogens with two attached hydrogens (primary N) is 1. The van der Waals surface area contributed by atoms with Crippen LogP contribution in [0, 0.1) is 0 Å². The predicted octanol–water partition coefficient (Wildman–Crippen LogP) is 2.90. The van der Waals surface area contributed by atoms with Crippen LogP contribution in [0.3, 0.4) is 0 Å². The van der Waals surface area contributed by atoms with E-state index in [2.05, 4.69) is 4.98 Å². The first-order chi connectivity index (χ1) is 15.5. The zero-order chi connectivity index (χ0) is 23.1. The van der Waals surface area contributed by atoms with Gasteiger partial charge in [0, 0.05) is 13.1 Å². The number of aromatic amines is 1. The lowest BCUT2D eigenvalue weighted by atomic mass is 10.1. The van der Waals surface area contributed by atoms with Crippen LogP contribution in [-0.2, 0) is 24.4 Å². The highest BCUT2D eigenvalue weighted by atomic mass is 16.5. The molecule has 0 atom stereocenters. The molecule has 0 aliphatic rings. The van der Waals surface area contributed by atoms with Crippen LogP contribution in [0.1, 0.15) is 48.4 Å². The van der Waals surface area contributed by atoms with Crippen molar-refractivity contribution in [3.63, 3.8) is 0 Å². The van der Waals surface area contributed by atoms with E-state index in [1.165, 1.54) is 16.9 Å². The van der Waals surface area contributed by atoms with Gasteiger partial charge in [-0.05, 0) is 25.0 Å². The van der Waals surface area contributed by atoms with Gasteiger partial charge in [-0.2, -0.15) is 0 Å². The molecule has 32 heavy (non-hydrogen) atoms. The Hall–Kier alpha value is -3.75. The Labute approximate surface area is 185 Å². The Morgan fingerprint density at radius 3 is 2.59 bits per heavy atom. The van der Waals surface area contributed by atoms with E-state index in [0.29, 0.717) is 18.8 Å². The third kappa shape index (κ3) is 5.11. The molecule has 9 nitrogen and oxygen atoms in total. The minimum Gasteiger partial charge on any atom is -0.467 e. The Morgan fingerprint density at radius 2 is 1.91 bits per heavy atom. The van der Waals surface area contributed by atoms with Gasteiger partial charge < -0.3 is 19.8 Å². The Kier molecular flexibility index (Phi) is 7.54. The molecule has 1 aromatic carbocycles. The number of unbranched alkanes of at least 4 members (excludes halogenated alkanes) is 1. The number of hydrogen-bond acceptors (Lipinski definition) is 7. The molecule has 0 fully saturated rings. The Balaban J connectivity index is 2.07. The fourth-order valence-electron chi connectivity index (χ4n) is 3.47. The zero-order valence-electron chi connectivity index (χ0n) is 18.3. The van der Waals surface area contributed by atoms with Crippen LogP contribution >= 0.6 is 0 Å². The maximum absolute atomic E-state index is 12.9. The number of nitrogens with one attached hydrogen (secondary N) is 1. The van der Waals surface area contributed by atoms with Crippen LogP contribution in [0.25, 0.3) is 0 Å². The van der Waals surface area contributed by atoms with Crippen LogP contribution in [0.4, 0.5) is 11.5 Å². The van der Waals surface area contributed by atoms with Gasteiger partial charge in [0.25, 0.3) is 5.56 Å². The van der Waals surface area contributed by atoms with Crippen molar-refractivity contribution < 1.29 is 13.9 Å². The van der Waals surface area contributed by atoms with Crippen molar-refractivity contribution in [1.29, 1.82) is 0 Å². The summed E-state index contributed by atoms with van der Waals surface area (Å²) >= 11 is 0. The number of nitrogens with zero attached hydrogens (tertiary/aromatic N) is 2. The summed E-state index contributed by atoms with van der Waals surface area (Å²) in [7, 11) is 0. The van der Waals surface area contributed by atoms with Crippen LogP contribution in [0.5, 0.6) is 0 Å². The van der Waals surface area contributed by atoms with Gasteiger partial charge in [-0.3, -0.25) is 14.3 Å². The van der Waals surface area contributed by atoms with E-state index in [-0.39, 0.29) is 30.2 Å². The monoisotopic (exact) mass is 440 g/mol. The van der Waals surface area contributed by atoms with E-state index in [1.54, 1.807) is 11.8 Å². The van der Waals surface area contributed by atoms with Gasteiger partial charge in [0.1, 0.15) is 22.8 Å². The molecule has 0 unspecified atom stereocenters. The standard InChI is InChI=1S/C23H28N4O5/c1-3-5-12-27-20(24)19(21(28)25-23(27)30)26(14-16-9-7-6-8-10-16)15-18-17(11-13-32-18)22(29)31-4-2/h6-11,13H,3-5,12,14-15,24H2,1-2H3,(H,25,28,30). The molecule has 0 aliphatic heterocycles. The second-order valence-electron chi connectivity index (χ2n) is 7.32. The summed E-state index contributed by atoms with van der Waals surface area (Å²) in [6.07, 6.45) is 3.00. The molecule has 0 bridgehead atoms. The van der Waals surface area contributed by atoms with Crippen molar-refractivity contribution in [2.75, 3.05) is 17.2 Å². The number of benzene rings is 1. The molecule has 0 aliphatic carbocycles. The van der Waals surface area contributed by atoms with Gasteiger partial charge in [-0.1, -0.05) is 43.7 Å². The lowest BCUT2D eigenvalue weighted by Crippen LogP contribution is -2.38. The van der Waals surface area contributed by atoms with Gasteiger partial charge in [-0.15, -0.1) is 0 Å². The number of anilines is 2. The van der Waals surface area contributed by atoms with Gasteiger partial charge in [0.2, 0.25) is 0 Å². The molecular formula is C23H28N4O5. The number of ether oxygens (including phenoxy) is 1. The van der Waals surface area contributed by atoms with E-state index < -0.39 is 17.2 Å². The van der Waals surface area contributed by atoms with Crippen molar-refractivity contribution >= 4 is 17.5 Å². The summed E-state index contributed by atoms with van der Waals surface area (Å²) in [6, 6.07) is 11.0. The normalized spacial score (nSPS) is 10.8. The maximum atomic E-state index is 12.9. The molecule has 170 valence electrons. The number of hydrogen-bond donors (Lipinski definition) is 2. The highest BCUT2D eigenvalue weighted by Crippen LogP contribution is 2.24. The minimum absolute atomic E-state index is 0.0763. The van der Waals surface area contributed by atoms with Crippen molar-refractivity contribution in [3.05, 3.63) is 80.4 Å². The fourth-order valence-corrected chi connectivity index (χ4v) is 3.47. The molecule has 3 N–H and O–H groups in total. The number of esters is 1. The van der Waals surface area contributed by atoms with E-state index in [0.717, 1.165) is 18.4 Å². The number of rotatable bonds is 10. The largest absolute Gasteiger partial charge is 0.467 e. The zero-order valence-corrected chi connectivity index (χ0v) is 18.3. The van der Waals surface area contributed by atoms with Gasteiger partial charge >= 0.3 is 11.7 Å². The third-order valence-electron chi connectivity index (χ3n) is 5.06. The van der Waals surface area contributed by atoms with Crippen molar-refractivity contribution in [1.82, 2.24) is 9.55 Å². The number of carbonyl (C=O) groups excluding carboxylic acids is 1.